The Hall–Kier alpha value is -1.69. The van der Waals surface area contributed by atoms with Crippen molar-refractivity contribution >= 4 is 21.8 Å². The Morgan fingerprint density at radius 1 is 1.25 bits per heavy atom. The van der Waals surface area contributed by atoms with Gasteiger partial charge in [0.15, 0.2) is 0 Å². The van der Waals surface area contributed by atoms with Gasteiger partial charge in [-0.25, -0.2) is 0 Å². The normalized spacial score (nSPS) is 17.8. The van der Waals surface area contributed by atoms with E-state index in [2.05, 4.69) is 15.9 Å². The number of amides is 1. The molecule has 0 saturated carbocycles. The molecule has 0 N–H and O–H groups in total. The third kappa shape index (κ3) is 3.86. The van der Waals surface area contributed by atoms with E-state index in [1.807, 2.05) is 53.4 Å². The molecule has 0 bridgehead atoms. The van der Waals surface area contributed by atoms with Crippen molar-refractivity contribution in [3.63, 3.8) is 0 Å². The van der Waals surface area contributed by atoms with Crippen LogP contribution in [0.5, 0.6) is 0 Å². The summed E-state index contributed by atoms with van der Waals surface area (Å²) in [6.45, 7) is 2.14. The van der Waals surface area contributed by atoms with Gasteiger partial charge in [-0.2, -0.15) is 0 Å². The summed E-state index contributed by atoms with van der Waals surface area (Å²) < 4.78 is 12.1. The third-order valence-electron chi connectivity index (χ3n) is 4.14. The number of rotatable bonds is 4. The molecule has 1 fully saturated rings. The number of hydrogen-bond acceptors (Lipinski definition) is 3. The first-order chi connectivity index (χ1) is 11.7. The Bertz CT molecular complexity index is 702. The number of benzene rings is 2. The summed E-state index contributed by atoms with van der Waals surface area (Å²) in [6, 6.07) is 15.7. The average molecular weight is 390 g/mol. The average Bonchev–Trinajstić information content (AvgIpc) is 2.63. The van der Waals surface area contributed by atoms with Gasteiger partial charge >= 0.3 is 0 Å². The van der Waals surface area contributed by atoms with Gasteiger partial charge in [0, 0.05) is 23.7 Å². The zero-order valence-electron chi connectivity index (χ0n) is 13.6. The predicted octanol–water partition coefficient (Wildman–Crippen LogP) is 3.81. The molecule has 1 unspecified atom stereocenters. The molecule has 0 aromatic heterocycles. The molecule has 0 aliphatic carbocycles. The Morgan fingerprint density at radius 3 is 2.75 bits per heavy atom. The van der Waals surface area contributed by atoms with Crippen LogP contribution >= 0.6 is 15.9 Å². The molecule has 1 aliphatic rings. The second-order valence-electron chi connectivity index (χ2n) is 5.75. The molecule has 1 aliphatic heterocycles. The first-order valence-electron chi connectivity index (χ1n) is 7.92. The zero-order chi connectivity index (χ0) is 16.9. The van der Waals surface area contributed by atoms with Gasteiger partial charge in [-0.3, -0.25) is 4.79 Å². The summed E-state index contributed by atoms with van der Waals surface area (Å²) in [5, 5.41) is 0. The second-order valence-corrected chi connectivity index (χ2v) is 6.67. The lowest BCUT2D eigenvalue weighted by Crippen LogP contribution is -2.42. The van der Waals surface area contributed by atoms with Crippen molar-refractivity contribution in [2.75, 3.05) is 26.8 Å². The molecule has 126 valence electrons. The first-order valence-corrected chi connectivity index (χ1v) is 8.71. The van der Waals surface area contributed by atoms with Crippen LogP contribution in [0.1, 0.15) is 27.6 Å². The fourth-order valence-electron chi connectivity index (χ4n) is 2.89. The number of ether oxygens (including phenoxy) is 2. The highest BCUT2D eigenvalue weighted by atomic mass is 79.9. The highest BCUT2D eigenvalue weighted by molar-refractivity contribution is 9.10. The largest absolute Gasteiger partial charge is 0.380 e. The van der Waals surface area contributed by atoms with Gasteiger partial charge in [0.25, 0.3) is 5.91 Å². The van der Waals surface area contributed by atoms with Gasteiger partial charge < -0.3 is 14.4 Å². The molecule has 1 saturated heterocycles. The maximum atomic E-state index is 12.9. The molecule has 3 rings (SSSR count). The van der Waals surface area contributed by atoms with Crippen molar-refractivity contribution < 1.29 is 14.3 Å². The van der Waals surface area contributed by atoms with Crippen LogP contribution in [0, 0.1) is 0 Å². The molecule has 2 aromatic rings. The summed E-state index contributed by atoms with van der Waals surface area (Å²) in [4.78, 5) is 14.8. The number of nitrogens with zero attached hydrogens (tertiary/aromatic N) is 1. The second kappa shape index (κ2) is 7.92. The summed E-state index contributed by atoms with van der Waals surface area (Å²) in [6.07, 6.45) is -0.0922. The van der Waals surface area contributed by atoms with Crippen molar-refractivity contribution in [1.82, 2.24) is 4.90 Å². The number of carbonyl (C=O) groups excluding carboxylic acids is 1. The van der Waals surface area contributed by atoms with Gasteiger partial charge in [-0.1, -0.05) is 46.3 Å². The highest BCUT2D eigenvalue weighted by Gasteiger charge is 2.27. The lowest BCUT2D eigenvalue weighted by Gasteiger charge is -2.33. The fraction of sp³-hybridized carbons (Fsp3) is 0.316. The minimum Gasteiger partial charge on any atom is -0.380 e. The van der Waals surface area contributed by atoms with Gasteiger partial charge in [0.05, 0.1) is 19.8 Å². The van der Waals surface area contributed by atoms with Gasteiger partial charge in [0.1, 0.15) is 6.10 Å². The first kappa shape index (κ1) is 17.1. The van der Waals surface area contributed by atoms with Crippen molar-refractivity contribution in [1.29, 1.82) is 0 Å². The maximum absolute atomic E-state index is 12.9. The van der Waals surface area contributed by atoms with E-state index in [4.69, 9.17) is 9.47 Å². The minimum atomic E-state index is -0.0922. The quantitative estimate of drug-likeness (QED) is 0.797. The van der Waals surface area contributed by atoms with Crippen molar-refractivity contribution in [3.8, 4) is 0 Å². The van der Waals surface area contributed by atoms with Crippen LogP contribution < -0.4 is 0 Å². The minimum absolute atomic E-state index is 0.0352. The van der Waals surface area contributed by atoms with E-state index in [0.717, 1.165) is 15.6 Å². The number of halogens is 1. The SMILES string of the molecule is COCc1ccccc1C(=O)N1CCOC(c2ccc(Br)cc2)C1. The summed E-state index contributed by atoms with van der Waals surface area (Å²) in [7, 11) is 1.64. The number of hydrogen-bond donors (Lipinski definition) is 0. The van der Waals surface area contributed by atoms with E-state index in [1.54, 1.807) is 7.11 Å². The number of methoxy groups -OCH3 is 1. The van der Waals surface area contributed by atoms with Crippen LogP contribution in [0.2, 0.25) is 0 Å². The van der Waals surface area contributed by atoms with Crippen LogP contribution in [0.4, 0.5) is 0 Å². The Morgan fingerprint density at radius 2 is 2.00 bits per heavy atom. The van der Waals surface area contributed by atoms with E-state index < -0.39 is 0 Å². The maximum Gasteiger partial charge on any atom is 0.254 e. The number of morpholine rings is 1. The van der Waals surface area contributed by atoms with Crippen LogP contribution in [0.25, 0.3) is 0 Å². The van der Waals surface area contributed by atoms with E-state index in [9.17, 15) is 4.79 Å². The van der Waals surface area contributed by atoms with E-state index >= 15 is 0 Å². The molecule has 4 nitrogen and oxygen atoms in total. The third-order valence-corrected chi connectivity index (χ3v) is 4.67. The smallest absolute Gasteiger partial charge is 0.254 e. The Balaban J connectivity index is 1.77. The van der Waals surface area contributed by atoms with Gasteiger partial charge in [-0.15, -0.1) is 0 Å². The fourth-order valence-corrected chi connectivity index (χ4v) is 3.16. The monoisotopic (exact) mass is 389 g/mol. The molecule has 24 heavy (non-hydrogen) atoms. The molecule has 1 heterocycles. The van der Waals surface area contributed by atoms with Gasteiger partial charge in [0.2, 0.25) is 0 Å². The summed E-state index contributed by atoms with van der Waals surface area (Å²) in [5.41, 5.74) is 2.70. The van der Waals surface area contributed by atoms with Crippen LogP contribution in [-0.4, -0.2) is 37.6 Å². The molecule has 1 atom stereocenters. The zero-order valence-corrected chi connectivity index (χ0v) is 15.2. The van der Waals surface area contributed by atoms with E-state index in [-0.39, 0.29) is 12.0 Å². The predicted molar refractivity (Wildman–Crippen MR) is 95.9 cm³/mol. The van der Waals surface area contributed by atoms with E-state index in [0.29, 0.717) is 31.9 Å². The van der Waals surface area contributed by atoms with Crippen LogP contribution in [0.15, 0.2) is 53.0 Å². The molecular weight excluding hydrogens is 370 g/mol. The van der Waals surface area contributed by atoms with Crippen molar-refractivity contribution in [3.05, 3.63) is 69.7 Å². The lowest BCUT2D eigenvalue weighted by atomic mass is 10.0. The molecule has 0 spiro atoms. The van der Waals surface area contributed by atoms with Crippen LogP contribution in [-0.2, 0) is 16.1 Å². The van der Waals surface area contributed by atoms with E-state index in [1.165, 1.54) is 0 Å². The Kier molecular flexibility index (Phi) is 5.66. The van der Waals surface area contributed by atoms with Crippen LogP contribution in [0.3, 0.4) is 0 Å². The Labute approximate surface area is 150 Å². The topological polar surface area (TPSA) is 38.8 Å². The number of carbonyl (C=O) groups is 1. The molecule has 0 radical (unpaired) electrons. The lowest BCUT2D eigenvalue weighted by molar-refractivity contribution is -0.0229. The van der Waals surface area contributed by atoms with Crippen molar-refractivity contribution in [2.24, 2.45) is 0 Å². The highest BCUT2D eigenvalue weighted by Crippen LogP contribution is 2.25. The summed E-state index contributed by atoms with van der Waals surface area (Å²) >= 11 is 3.44. The van der Waals surface area contributed by atoms with Gasteiger partial charge in [-0.05, 0) is 29.3 Å². The molecule has 1 amide bonds. The standard InChI is InChI=1S/C19H20BrNO3/c1-23-13-15-4-2-3-5-17(15)19(22)21-10-11-24-18(12-21)14-6-8-16(20)9-7-14/h2-9,18H,10-13H2,1H3. The summed E-state index contributed by atoms with van der Waals surface area (Å²) in [5.74, 6) is 0.0352. The molecular formula is C19H20BrNO3. The molecule has 2 aromatic carbocycles. The van der Waals surface area contributed by atoms with Crippen molar-refractivity contribution in [2.45, 2.75) is 12.7 Å². The molecule has 5 heteroatoms.